The van der Waals surface area contributed by atoms with Crippen molar-refractivity contribution in [1.82, 2.24) is 4.72 Å². The number of nitrogens with one attached hydrogen (secondary N) is 1. The normalized spacial score (nSPS) is 17.0. The van der Waals surface area contributed by atoms with Crippen molar-refractivity contribution in [2.75, 3.05) is 11.4 Å². The molecule has 5 nitrogen and oxygen atoms in total. The fraction of sp³-hybridized carbons (Fsp3) is 0.250. The van der Waals surface area contributed by atoms with Crippen LogP contribution < -0.4 is 9.62 Å². The Morgan fingerprint density at radius 1 is 1.23 bits per heavy atom. The highest BCUT2D eigenvalue weighted by atomic mass is 32.2. The van der Waals surface area contributed by atoms with Crippen molar-refractivity contribution in [3.05, 3.63) is 72.3 Å². The van der Waals surface area contributed by atoms with E-state index in [1.165, 1.54) is 0 Å². The molecule has 1 atom stereocenters. The Morgan fingerprint density at radius 2 is 1.96 bits per heavy atom. The number of benzene rings is 2. The zero-order chi connectivity index (χ0) is 18.7. The molecule has 0 saturated heterocycles. The van der Waals surface area contributed by atoms with Gasteiger partial charge in [-0.1, -0.05) is 43.3 Å². The van der Waals surface area contributed by atoms with E-state index in [-0.39, 0.29) is 23.3 Å². The van der Waals surface area contributed by atoms with Crippen LogP contribution in [0.25, 0.3) is 0 Å². The molecule has 26 heavy (non-hydrogen) atoms. The van der Waals surface area contributed by atoms with Crippen molar-refractivity contribution < 1.29 is 13.2 Å². The maximum absolute atomic E-state index is 12.4. The van der Waals surface area contributed by atoms with Gasteiger partial charge >= 0.3 is 0 Å². The third kappa shape index (κ3) is 3.71. The Kier molecular flexibility index (Phi) is 5.25. The van der Waals surface area contributed by atoms with E-state index in [9.17, 15) is 13.2 Å². The van der Waals surface area contributed by atoms with Gasteiger partial charge in [0.05, 0.1) is 4.90 Å². The van der Waals surface area contributed by atoms with E-state index < -0.39 is 10.0 Å². The van der Waals surface area contributed by atoms with Crippen LogP contribution in [-0.4, -0.2) is 20.9 Å². The minimum Gasteiger partial charge on any atom is -0.308 e. The van der Waals surface area contributed by atoms with E-state index in [0.717, 1.165) is 16.8 Å². The Bertz CT molecular complexity index is 923. The number of hydrogen-bond donors (Lipinski definition) is 1. The molecule has 0 spiro atoms. The van der Waals surface area contributed by atoms with E-state index in [1.54, 1.807) is 41.3 Å². The minimum absolute atomic E-state index is 0.0856. The van der Waals surface area contributed by atoms with Crippen molar-refractivity contribution in [2.45, 2.75) is 30.7 Å². The lowest BCUT2D eigenvalue weighted by Crippen LogP contribution is -2.36. The van der Waals surface area contributed by atoms with Crippen molar-refractivity contribution in [3.63, 3.8) is 0 Å². The number of rotatable bonds is 6. The van der Waals surface area contributed by atoms with Crippen molar-refractivity contribution >= 4 is 21.6 Å². The standard InChI is InChI=1S/C20H22N2O3S/c1-3-11-22-19-10-9-16(13-18(19)15(2)12-20(22)23)14-21-26(24,25)17-7-5-4-6-8-17/h3-10,13,15,21H,1,11-12,14H2,2H3. The van der Waals surface area contributed by atoms with Crippen LogP contribution in [0.4, 0.5) is 5.69 Å². The van der Waals surface area contributed by atoms with Gasteiger partial charge < -0.3 is 4.90 Å². The second-order valence-corrected chi connectivity index (χ2v) is 8.20. The summed E-state index contributed by atoms with van der Waals surface area (Å²) < 4.78 is 27.4. The quantitative estimate of drug-likeness (QED) is 0.794. The number of anilines is 1. The molecule has 0 aliphatic carbocycles. The van der Waals surface area contributed by atoms with Gasteiger partial charge in [-0.15, -0.1) is 6.58 Å². The summed E-state index contributed by atoms with van der Waals surface area (Å²) in [4.78, 5) is 14.2. The van der Waals surface area contributed by atoms with Crippen LogP contribution in [0, 0.1) is 0 Å². The number of hydrogen-bond acceptors (Lipinski definition) is 3. The molecule has 1 aliphatic heterocycles. The fourth-order valence-electron chi connectivity index (χ4n) is 3.16. The van der Waals surface area contributed by atoms with Gasteiger partial charge in [0.25, 0.3) is 0 Å². The number of nitrogens with zero attached hydrogens (tertiary/aromatic N) is 1. The van der Waals surface area contributed by atoms with Gasteiger partial charge in [0.2, 0.25) is 15.9 Å². The van der Waals surface area contributed by atoms with Crippen LogP contribution in [-0.2, 0) is 21.4 Å². The van der Waals surface area contributed by atoms with Crippen LogP contribution in [0.15, 0.2) is 66.1 Å². The van der Waals surface area contributed by atoms with E-state index >= 15 is 0 Å². The highest BCUT2D eigenvalue weighted by molar-refractivity contribution is 7.89. The molecule has 6 heteroatoms. The van der Waals surface area contributed by atoms with Gasteiger partial charge in [-0.05, 0) is 35.2 Å². The summed E-state index contributed by atoms with van der Waals surface area (Å²) in [5.41, 5.74) is 2.80. The first-order chi connectivity index (χ1) is 12.4. The molecule has 2 aromatic rings. The SMILES string of the molecule is C=CCN1C(=O)CC(C)c2cc(CNS(=O)(=O)c3ccccc3)ccc21. The Hall–Kier alpha value is -2.44. The topological polar surface area (TPSA) is 66.5 Å². The van der Waals surface area contributed by atoms with Gasteiger partial charge in [0.1, 0.15) is 0 Å². The van der Waals surface area contributed by atoms with Gasteiger partial charge in [0, 0.05) is 25.2 Å². The molecule has 0 aromatic heterocycles. The van der Waals surface area contributed by atoms with E-state index in [2.05, 4.69) is 11.3 Å². The van der Waals surface area contributed by atoms with E-state index in [4.69, 9.17) is 0 Å². The average molecular weight is 370 g/mol. The third-order valence-corrected chi connectivity index (χ3v) is 5.94. The Morgan fingerprint density at radius 3 is 2.65 bits per heavy atom. The lowest BCUT2D eigenvalue weighted by Gasteiger charge is -2.32. The fourth-order valence-corrected chi connectivity index (χ4v) is 4.20. The molecule has 0 bridgehead atoms. The third-order valence-electron chi connectivity index (χ3n) is 4.53. The van der Waals surface area contributed by atoms with Crippen LogP contribution in [0.2, 0.25) is 0 Å². The van der Waals surface area contributed by atoms with Crippen LogP contribution in [0.3, 0.4) is 0 Å². The van der Waals surface area contributed by atoms with E-state index in [1.807, 2.05) is 25.1 Å². The summed E-state index contributed by atoms with van der Waals surface area (Å²) in [7, 11) is -3.55. The second kappa shape index (κ2) is 7.43. The zero-order valence-electron chi connectivity index (χ0n) is 14.7. The molecule has 2 aromatic carbocycles. The molecule has 1 unspecified atom stereocenters. The van der Waals surface area contributed by atoms with Gasteiger partial charge in [0.15, 0.2) is 0 Å². The number of carbonyl (C=O) groups is 1. The summed E-state index contributed by atoms with van der Waals surface area (Å²) >= 11 is 0. The number of amides is 1. The highest BCUT2D eigenvalue weighted by Crippen LogP contribution is 2.36. The summed E-state index contributed by atoms with van der Waals surface area (Å²) in [6, 6.07) is 14.0. The Balaban J connectivity index is 1.82. The van der Waals surface area contributed by atoms with Gasteiger partial charge in [-0.25, -0.2) is 13.1 Å². The minimum atomic E-state index is -3.55. The van der Waals surface area contributed by atoms with Crippen molar-refractivity contribution in [3.8, 4) is 0 Å². The molecule has 1 aliphatic rings. The van der Waals surface area contributed by atoms with Crippen molar-refractivity contribution in [2.24, 2.45) is 0 Å². The maximum Gasteiger partial charge on any atom is 0.240 e. The predicted molar refractivity (Wildman–Crippen MR) is 102 cm³/mol. The highest BCUT2D eigenvalue weighted by Gasteiger charge is 2.28. The molecule has 0 saturated carbocycles. The molecule has 136 valence electrons. The van der Waals surface area contributed by atoms with Crippen LogP contribution >= 0.6 is 0 Å². The molecule has 0 fully saturated rings. The number of fused-ring (bicyclic) bond motifs is 1. The molecular formula is C20H22N2O3S. The lowest BCUT2D eigenvalue weighted by atomic mass is 9.89. The van der Waals surface area contributed by atoms with Crippen molar-refractivity contribution in [1.29, 1.82) is 0 Å². The first-order valence-electron chi connectivity index (χ1n) is 8.51. The Labute approximate surface area is 154 Å². The average Bonchev–Trinajstić information content (AvgIpc) is 2.64. The predicted octanol–water partition coefficient (Wildman–Crippen LogP) is 3.19. The van der Waals surface area contributed by atoms with Gasteiger partial charge in [-0.3, -0.25) is 4.79 Å². The van der Waals surface area contributed by atoms with E-state index in [0.29, 0.717) is 13.0 Å². The smallest absolute Gasteiger partial charge is 0.240 e. The second-order valence-electron chi connectivity index (χ2n) is 6.43. The number of sulfonamides is 1. The molecule has 1 heterocycles. The summed E-state index contributed by atoms with van der Waals surface area (Å²) in [5, 5.41) is 0. The van der Waals surface area contributed by atoms with Crippen LogP contribution in [0.1, 0.15) is 30.4 Å². The molecular weight excluding hydrogens is 348 g/mol. The molecule has 1 N–H and O–H groups in total. The first-order valence-corrected chi connectivity index (χ1v) is 9.99. The zero-order valence-corrected chi connectivity index (χ0v) is 15.5. The molecule has 3 rings (SSSR count). The summed E-state index contributed by atoms with van der Waals surface area (Å²) in [5.74, 6) is 0.187. The maximum atomic E-state index is 12.4. The van der Waals surface area contributed by atoms with Crippen LogP contribution in [0.5, 0.6) is 0 Å². The van der Waals surface area contributed by atoms with Gasteiger partial charge in [-0.2, -0.15) is 0 Å². The molecule has 1 amide bonds. The molecule has 0 radical (unpaired) electrons. The summed E-state index contributed by atoms with van der Waals surface area (Å²) in [6.07, 6.45) is 2.15. The monoisotopic (exact) mass is 370 g/mol. The lowest BCUT2D eigenvalue weighted by molar-refractivity contribution is -0.119. The first kappa shape index (κ1) is 18.4. The number of carbonyl (C=O) groups excluding carboxylic acids is 1. The summed E-state index contributed by atoms with van der Waals surface area (Å²) in [6.45, 7) is 6.40. The largest absolute Gasteiger partial charge is 0.308 e.